The highest BCUT2D eigenvalue weighted by molar-refractivity contribution is 7.92. The maximum Gasteiger partial charge on any atom is 0.308 e. The summed E-state index contributed by atoms with van der Waals surface area (Å²) >= 11 is 12.0. The summed E-state index contributed by atoms with van der Waals surface area (Å²) in [6, 6.07) is 15.1. The fourth-order valence-corrected chi connectivity index (χ4v) is 5.57. The van der Waals surface area contributed by atoms with Crippen molar-refractivity contribution in [3.63, 3.8) is 0 Å². The quantitative estimate of drug-likeness (QED) is 0.562. The minimum atomic E-state index is -3.94. The summed E-state index contributed by atoms with van der Waals surface area (Å²) in [5.41, 5.74) is 1.29. The van der Waals surface area contributed by atoms with Crippen molar-refractivity contribution in [2.45, 2.75) is 11.3 Å². The Kier molecular flexibility index (Phi) is 5.53. The second kappa shape index (κ2) is 7.98. The van der Waals surface area contributed by atoms with Crippen molar-refractivity contribution in [3.05, 3.63) is 64.6 Å². The first-order chi connectivity index (χ1) is 14.3. The molecule has 1 saturated heterocycles. The Morgan fingerprint density at radius 1 is 1.07 bits per heavy atom. The van der Waals surface area contributed by atoms with Gasteiger partial charge in [0.05, 0.1) is 16.6 Å². The molecule has 156 valence electrons. The number of aliphatic carboxylic acids is 1. The standard InChI is InChI=1S/C21H18Cl2N2O4S/c22-14-5-8-20(17(23)11-14)30(28,29)24-18-6-7-19(16-4-2-1-3-15(16)18)25-10-9-13(12-25)21(26)27/h1-8,11,13,24H,9-10,12H2,(H,26,27)/t13-/m0/s1. The van der Waals surface area contributed by atoms with Gasteiger partial charge in [-0.15, -0.1) is 0 Å². The van der Waals surface area contributed by atoms with Gasteiger partial charge < -0.3 is 10.0 Å². The molecule has 3 aromatic carbocycles. The van der Waals surface area contributed by atoms with Gasteiger partial charge in [0.15, 0.2) is 0 Å². The van der Waals surface area contributed by atoms with Gasteiger partial charge in [0, 0.05) is 34.6 Å². The van der Waals surface area contributed by atoms with E-state index >= 15 is 0 Å². The number of carboxylic acids is 1. The number of sulfonamides is 1. The smallest absolute Gasteiger partial charge is 0.308 e. The lowest BCUT2D eigenvalue weighted by atomic mass is 10.1. The first kappa shape index (κ1) is 20.8. The topological polar surface area (TPSA) is 86.7 Å². The van der Waals surface area contributed by atoms with Gasteiger partial charge in [-0.1, -0.05) is 47.5 Å². The fraction of sp³-hybridized carbons (Fsp3) is 0.190. The van der Waals surface area contributed by atoms with E-state index in [-0.39, 0.29) is 9.92 Å². The molecule has 0 radical (unpaired) electrons. The van der Waals surface area contributed by atoms with Gasteiger partial charge in [0.1, 0.15) is 4.90 Å². The van der Waals surface area contributed by atoms with E-state index < -0.39 is 21.9 Å². The number of fused-ring (bicyclic) bond motifs is 1. The second-order valence-electron chi connectivity index (χ2n) is 7.13. The zero-order valence-corrected chi connectivity index (χ0v) is 18.0. The highest BCUT2D eigenvalue weighted by Crippen LogP contribution is 2.36. The molecule has 0 bridgehead atoms. The van der Waals surface area contributed by atoms with Crippen LogP contribution in [0.5, 0.6) is 0 Å². The molecular weight excluding hydrogens is 447 g/mol. The van der Waals surface area contributed by atoms with Crippen molar-refractivity contribution in [2.24, 2.45) is 5.92 Å². The summed E-state index contributed by atoms with van der Waals surface area (Å²) in [6.45, 7) is 1.05. The lowest BCUT2D eigenvalue weighted by molar-refractivity contribution is -0.140. The van der Waals surface area contributed by atoms with E-state index in [2.05, 4.69) is 4.72 Å². The summed E-state index contributed by atoms with van der Waals surface area (Å²) in [5, 5.41) is 11.2. The van der Waals surface area contributed by atoms with Gasteiger partial charge in [0.2, 0.25) is 0 Å². The van der Waals surface area contributed by atoms with E-state index in [1.54, 1.807) is 6.07 Å². The molecule has 0 unspecified atom stereocenters. The Labute approximate surface area is 184 Å². The van der Waals surface area contributed by atoms with E-state index in [1.807, 2.05) is 35.2 Å². The highest BCUT2D eigenvalue weighted by Gasteiger charge is 2.29. The SMILES string of the molecule is O=C(O)[C@H]1CCN(c2ccc(NS(=O)(=O)c3ccc(Cl)cc3Cl)c3ccccc23)C1. The molecule has 0 saturated carbocycles. The predicted molar refractivity (Wildman–Crippen MR) is 119 cm³/mol. The van der Waals surface area contributed by atoms with E-state index in [9.17, 15) is 18.3 Å². The van der Waals surface area contributed by atoms with E-state index in [0.717, 1.165) is 11.1 Å². The molecule has 2 N–H and O–H groups in total. The normalized spacial score (nSPS) is 16.7. The van der Waals surface area contributed by atoms with Crippen LogP contribution in [0.2, 0.25) is 10.0 Å². The zero-order valence-electron chi connectivity index (χ0n) is 15.7. The molecule has 9 heteroatoms. The molecule has 0 amide bonds. The molecule has 6 nitrogen and oxygen atoms in total. The fourth-order valence-electron chi connectivity index (χ4n) is 3.72. The number of benzene rings is 3. The van der Waals surface area contributed by atoms with Crippen molar-refractivity contribution in [1.82, 2.24) is 0 Å². The highest BCUT2D eigenvalue weighted by atomic mass is 35.5. The number of hydrogen-bond acceptors (Lipinski definition) is 4. The maximum atomic E-state index is 12.9. The summed E-state index contributed by atoms with van der Waals surface area (Å²) in [5.74, 6) is -1.21. The molecule has 0 spiro atoms. The Hall–Kier alpha value is -2.48. The third kappa shape index (κ3) is 3.93. The summed E-state index contributed by atoms with van der Waals surface area (Å²) in [7, 11) is -3.94. The average Bonchev–Trinajstić information content (AvgIpc) is 3.18. The van der Waals surface area contributed by atoms with Crippen molar-refractivity contribution >= 4 is 61.3 Å². The summed E-state index contributed by atoms with van der Waals surface area (Å²) in [4.78, 5) is 13.3. The Morgan fingerprint density at radius 2 is 1.80 bits per heavy atom. The van der Waals surface area contributed by atoms with Gasteiger partial charge >= 0.3 is 5.97 Å². The number of nitrogens with one attached hydrogen (secondary N) is 1. The van der Waals surface area contributed by atoms with Gasteiger partial charge in [-0.3, -0.25) is 9.52 Å². The molecule has 1 atom stereocenters. The van der Waals surface area contributed by atoms with Crippen LogP contribution >= 0.6 is 23.2 Å². The molecule has 1 aliphatic heterocycles. The molecule has 1 aliphatic rings. The van der Waals surface area contributed by atoms with Crippen LogP contribution in [0, 0.1) is 5.92 Å². The van der Waals surface area contributed by atoms with Gasteiger partial charge in [-0.05, 0) is 36.8 Å². The third-order valence-electron chi connectivity index (χ3n) is 5.21. The molecule has 30 heavy (non-hydrogen) atoms. The molecule has 1 fully saturated rings. The molecule has 1 heterocycles. The number of halogens is 2. The zero-order chi connectivity index (χ0) is 21.5. The molecule has 0 aromatic heterocycles. The van der Waals surface area contributed by atoms with Crippen LogP contribution < -0.4 is 9.62 Å². The molecule has 3 aromatic rings. The lowest BCUT2D eigenvalue weighted by Gasteiger charge is -2.22. The third-order valence-corrected chi connectivity index (χ3v) is 7.29. The van der Waals surface area contributed by atoms with E-state index in [4.69, 9.17) is 23.2 Å². The average molecular weight is 465 g/mol. The number of carboxylic acid groups (broad SMARTS) is 1. The van der Waals surface area contributed by atoms with Crippen LogP contribution in [0.3, 0.4) is 0 Å². The lowest BCUT2D eigenvalue weighted by Crippen LogP contribution is -2.23. The number of anilines is 2. The molecule has 0 aliphatic carbocycles. The van der Waals surface area contributed by atoms with Crippen molar-refractivity contribution in [3.8, 4) is 0 Å². The van der Waals surface area contributed by atoms with Gasteiger partial charge in [0.25, 0.3) is 10.0 Å². The maximum absolute atomic E-state index is 12.9. The second-order valence-corrected chi connectivity index (χ2v) is 9.62. The van der Waals surface area contributed by atoms with Crippen molar-refractivity contribution in [1.29, 1.82) is 0 Å². The van der Waals surface area contributed by atoms with Crippen LogP contribution in [-0.4, -0.2) is 32.6 Å². The van der Waals surface area contributed by atoms with Crippen molar-refractivity contribution < 1.29 is 18.3 Å². The van der Waals surface area contributed by atoms with Crippen molar-refractivity contribution in [2.75, 3.05) is 22.7 Å². The Morgan fingerprint density at radius 3 is 2.47 bits per heavy atom. The van der Waals surface area contributed by atoms with Crippen LogP contribution in [0.15, 0.2) is 59.5 Å². The molecule has 4 rings (SSSR count). The summed E-state index contributed by atoms with van der Waals surface area (Å²) in [6.07, 6.45) is 0.576. The van der Waals surface area contributed by atoms with Gasteiger partial charge in [-0.2, -0.15) is 0 Å². The number of hydrogen-bond donors (Lipinski definition) is 2. The number of carbonyl (C=O) groups is 1. The Bertz CT molecular complexity index is 1250. The number of rotatable bonds is 5. The minimum Gasteiger partial charge on any atom is -0.481 e. The molecular formula is C21H18Cl2N2O4S. The van der Waals surface area contributed by atoms with Crippen LogP contribution in [0.1, 0.15) is 6.42 Å². The van der Waals surface area contributed by atoms with Gasteiger partial charge in [-0.25, -0.2) is 8.42 Å². The largest absolute Gasteiger partial charge is 0.481 e. The summed E-state index contributed by atoms with van der Waals surface area (Å²) < 4.78 is 28.5. The monoisotopic (exact) mass is 464 g/mol. The van der Waals surface area contributed by atoms with Crippen LogP contribution in [0.25, 0.3) is 10.8 Å². The Balaban J connectivity index is 1.72. The minimum absolute atomic E-state index is 0.0349. The van der Waals surface area contributed by atoms with E-state index in [0.29, 0.717) is 35.6 Å². The van der Waals surface area contributed by atoms with Crippen LogP contribution in [0.4, 0.5) is 11.4 Å². The van der Waals surface area contributed by atoms with Crippen LogP contribution in [-0.2, 0) is 14.8 Å². The van der Waals surface area contributed by atoms with E-state index in [1.165, 1.54) is 18.2 Å². The first-order valence-corrected chi connectivity index (χ1v) is 11.5. The first-order valence-electron chi connectivity index (χ1n) is 9.23. The number of nitrogens with zero attached hydrogens (tertiary/aromatic N) is 1. The predicted octanol–water partition coefficient (Wildman–Crippen LogP) is 4.86.